The third-order valence-corrected chi connectivity index (χ3v) is 3.49. The van der Waals surface area contributed by atoms with Crippen molar-refractivity contribution in [3.05, 3.63) is 18.3 Å². The molecule has 1 aliphatic heterocycles. The number of aliphatic carboxylic acids is 1. The van der Waals surface area contributed by atoms with Crippen LogP contribution < -0.4 is 9.64 Å². The van der Waals surface area contributed by atoms with Crippen molar-refractivity contribution in [2.75, 3.05) is 31.8 Å². The first-order chi connectivity index (χ1) is 9.67. The highest BCUT2D eigenvalue weighted by molar-refractivity contribution is 5.72. The van der Waals surface area contributed by atoms with Crippen LogP contribution in [-0.2, 0) is 9.53 Å². The number of carboxylic acid groups (broad SMARTS) is 1. The summed E-state index contributed by atoms with van der Waals surface area (Å²) in [4.78, 5) is 17.5. The van der Waals surface area contributed by atoms with Gasteiger partial charge in [0.1, 0.15) is 5.92 Å². The van der Waals surface area contributed by atoms with E-state index in [1.54, 1.807) is 13.3 Å². The van der Waals surface area contributed by atoms with Gasteiger partial charge in [-0.2, -0.15) is 0 Å². The summed E-state index contributed by atoms with van der Waals surface area (Å²) in [5.74, 6) is -0.787. The van der Waals surface area contributed by atoms with Crippen molar-refractivity contribution >= 4 is 11.7 Å². The maximum absolute atomic E-state index is 11.3. The zero-order chi connectivity index (χ0) is 14.5. The Morgan fingerprint density at radius 1 is 1.60 bits per heavy atom. The molecule has 0 aliphatic carbocycles. The quantitative estimate of drug-likeness (QED) is 0.849. The predicted molar refractivity (Wildman–Crippen MR) is 74.2 cm³/mol. The molecule has 1 aromatic rings. The molecule has 0 radical (unpaired) electrons. The summed E-state index contributed by atoms with van der Waals surface area (Å²) in [6, 6.07) is 3.54. The molecule has 0 saturated carbocycles. The van der Waals surface area contributed by atoms with Crippen LogP contribution in [0.15, 0.2) is 18.3 Å². The molecule has 1 fully saturated rings. The van der Waals surface area contributed by atoms with E-state index in [2.05, 4.69) is 16.8 Å². The zero-order valence-corrected chi connectivity index (χ0v) is 11.8. The van der Waals surface area contributed by atoms with Gasteiger partial charge in [0.25, 0.3) is 0 Å². The first-order valence-corrected chi connectivity index (χ1v) is 6.74. The smallest absolute Gasteiger partial charge is 0.311 e. The maximum Gasteiger partial charge on any atom is 0.311 e. The van der Waals surface area contributed by atoms with Gasteiger partial charge in [-0.15, -0.1) is 0 Å². The van der Waals surface area contributed by atoms with E-state index in [1.807, 2.05) is 12.1 Å². The van der Waals surface area contributed by atoms with Crippen molar-refractivity contribution in [3.63, 3.8) is 0 Å². The number of methoxy groups -OCH3 is 1. The molecular weight excluding hydrogens is 260 g/mol. The number of nitrogens with zero attached hydrogens (tertiary/aromatic N) is 2. The zero-order valence-electron chi connectivity index (χ0n) is 11.8. The van der Waals surface area contributed by atoms with E-state index in [1.165, 1.54) is 0 Å². The topological polar surface area (TPSA) is 71.9 Å². The Bertz CT molecular complexity index is 466. The third-order valence-electron chi connectivity index (χ3n) is 3.49. The lowest BCUT2D eigenvalue weighted by Crippen LogP contribution is -2.43. The Morgan fingerprint density at radius 2 is 2.40 bits per heavy atom. The van der Waals surface area contributed by atoms with Crippen molar-refractivity contribution in [2.45, 2.75) is 19.4 Å². The van der Waals surface area contributed by atoms with Crippen molar-refractivity contribution in [2.24, 2.45) is 5.92 Å². The highest BCUT2D eigenvalue weighted by Gasteiger charge is 2.38. The van der Waals surface area contributed by atoms with Gasteiger partial charge in [0, 0.05) is 24.5 Å². The van der Waals surface area contributed by atoms with Gasteiger partial charge in [0.2, 0.25) is 5.88 Å². The number of carbonyl (C=O) groups is 1. The minimum atomic E-state index is -0.811. The van der Waals surface area contributed by atoms with E-state index in [0.29, 0.717) is 12.5 Å². The van der Waals surface area contributed by atoms with Gasteiger partial charge in [0.15, 0.2) is 0 Å². The van der Waals surface area contributed by atoms with Gasteiger partial charge < -0.3 is 19.5 Å². The Kier molecular flexibility index (Phi) is 4.79. The fourth-order valence-corrected chi connectivity index (χ4v) is 2.50. The number of rotatable bonds is 6. The largest absolute Gasteiger partial charge is 0.481 e. The van der Waals surface area contributed by atoms with Crippen molar-refractivity contribution in [1.29, 1.82) is 0 Å². The molecule has 0 spiro atoms. The SMILES string of the molecule is CCCN(c1ccnc(OC)c1)C1COCC1C(=O)O. The average molecular weight is 280 g/mol. The summed E-state index contributed by atoms with van der Waals surface area (Å²) >= 11 is 0. The monoisotopic (exact) mass is 280 g/mol. The van der Waals surface area contributed by atoms with E-state index in [0.717, 1.165) is 18.7 Å². The summed E-state index contributed by atoms with van der Waals surface area (Å²) in [6.07, 6.45) is 2.59. The molecule has 20 heavy (non-hydrogen) atoms. The van der Waals surface area contributed by atoms with Crippen LogP contribution >= 0.6 is 0 Å². The van der Waals surface area contributed by atoms with Crippen LogP contribution in [0, 0.1) is 5.92 Å². The van der Waals surface area contributed by atoms with Gasteiger partial charge in [-0.3, -0.25) is 4.79 Å². The molecule has 0 amide bonds. The van der Waals surface area contributed by atoms with E-state index >= 15 is 0 Å². The van der Waals surface area contributed by atoms with Crippen LogP contribution in [0.1, 0.15) is 13.3 Å². The number of pyridine rings is 1. The molecule has 110 valence electrons. The lowest BCUT2D eigenvalue weighted by atomic mass is 10.0. The molecule has 1 saturated heterocycles. The van der Waals surface area contributed by atoms with Gasteiger partial charge in [-0.1, -0.05) is 6.92 Å². The molecule has 2 heterocycles. The lowest BCUT2D eigenvalue weighted by molar-refractivity contribution is -0.141. The number of hydrogen-bond acceptors (Lipinski definition) is 5. The summed E-state index contributed by atoms with van der Waals surface area (Å²) in [5, 5.41) is 9.30. The van der Waals surface area contributed by atoms with Crippen molar-refractivity contribution in [3.8, 4) is 5.88 Å². The minimum absolute atomic E-state index is 0.153. The number of ether oxygens (including phenoxy) is 2. The highest BCUT2D eigenvalue weighted by Crippen LogP contribution is 2.27. The molecule has 6 nitrogen and oxygen atoms in total. The number of carboxylic acids is 1. The molecule has 0 bridgehead atoms. The number of anilines is 1. The molecule has 1 aliphatic rings. The Balaban J connectivity index is 2.27. The van der Waals surface area contributed by atoms with Crippen molar-refractivity contribution < 1.29 is 19.4 Å². The van der Waals surface area contributed by atoms with Gasteiger partial charge >= 0.3 is 5.97 Å². The summed E-state index contributed by atoms with van der Waals surface area (Å²) in [5.41, 5.74) is 0.917. The number of aromatic nitrogens is 1. The Morgan fingerprint density at radius 3 is 3.05 bits per heavy atom. The van der Waals surface area contributed by atoms with E-state index in [9.17, 15) is 9.90 Å². The molecule has 0 aromatic carbocycles. The standard InChI is InChI=1S/C14H20N2O4/c1-3-6-16(10-4-5-15-13(7-10)19-2)12-9-20-8-11(12)14(17)18/h4-5,7,11-12H,3,6,8-9H2,1-2H3,(H,17,18). The summed E-state index contributed by atoms with van der Waals surface area (Å²) in [7, 11) is 1.56. The molecule has 1 N–H and O–H groups in total. The average Bonchev–Trinajstić information content (AvgIpc) is 2.94. The van der Waals surface area contributed by atoms with E-state index < -0.39 is 11.9 Å². The van der Waals surface area contributed by atoms with Gasteiger partial charge in [0.05, 0.1) is 26.4 Å². The predicted octanol–water partition coefficient (Wildman–Crippen LogP) is 1.41. The first-order valence-electron chi connectivity index (χ1n) is 6.74. The fourth-order valence-electron chi connectivity index (χ4n) is 2.50. The second-order valence-corrected chi connectivity index (χ2v) is 4.80. The molecule has 2 unspecified atom stereocenters. The van der Waals surface area contributed by atoms with Crippen LogP contribution in [-0.4, -0.2) is 49.0 Å². The first kappa shape index (κ1) is 14.6. The maximum atomic E-state index is 11.3. The second-order valence-electron chi connectivity index (χ2n) is 4.80. The van der Waals surface area contributed by atoms with Gasteiger partial charge in [-0.05, 0) is 12.5 Å². The summed E-state index contributed by atoms with van der Waals surface area (Å²) < 4.78 is 10.5. The van der Waals surface area contributed by atoms with Crippen LogP contribution in [0.4, 0.5) is 5.69 Å². The van der Waals surface area contributed by atoms with Gasteiger partial charge in [-0.25, -0.2) is 4.98 Å². The van der Waals surface area contributed by atoms with Crippen LogP contribution in [0.3, 0.4) is 0 Å². The second kappa shape index (κ2) is 6.56. The highest BCUT2D eigenvalue weighted by atomic mass is 16.5. The molecule has 2 rings (SSSR count). The summed E-state index contributed by atoms with van der Waals surface area (Å²) in [6.45, 7) is 3.53. The molecule has 1 aromatic heterocycles. The van der Waals surface area contributed by atoms with E-state index in [4.69, 9.17) is 9.47 Å². The molecular formula is C14H20N2O4. The molecule has 6 heteroatoms. The van der Waals surface area contributed by atoms with E-state index in [-0.39, 0.29) is 12.6 Å². The normalized spacial score (nSPS) is 21.7. The third kappa shape index (κ3) is 3.01. The lowest BCUT2D eigenvalue weighted by Gasteiger charge is -2.32. The molecule has 2 atom stereocenters. The van der Waals surface area contributed by atoms with Crippen LogP contribution in [0.2, 0.25) is 0 Å². The van der Waals surface area contributed by atoms with Crippen LogP contribution in [0.25, 0.3) is 0 Å². The number of hydrogen-bond donors (Lipinski definition) is 1. The van der Waals surface area contributed by atoms with Crippen LogP contribution in [0.5, 0.6) is 5.88 Å². The van der Waals surface area contributed by atoms with Crippen molar-refractivity contribution in [1.82, 2.24) is 4.98 Å². The Hall–Kier alpha value is -1.82. The Labute approximate surface area is 118 Å². The fraction of sp³-hybridized carbons (Fsp3) is 0.571. The minimum Gasteiger partial charge on any atom is -0.481 e.